The molecule has 0 fully saturated rings. The van der Waals surface area contributed by atoms with E-state index in [9.17, 15) is 14.4 Å². The minimum absolute atomic E-state index is 0.142. The SMILES string of the molecule is COc1cc2c(cc1OC)CN(c1ncccc1C(=O)NC(Cc1ccccc1)C(=O)C(N)=O)CC2. The first-order valence-electron chi connectivity index (χ1n) is 11.5. The van der Waals surface area contributed by atoms with Gasteiger partial charge in [-0.05, 0) is 47.4 Å². The minimum Gasteiger partial charge on any atom is -0.493 e. The van der Waals surface area contributed by atoms with Crippen molar-refractivity contribution < 1.29 is 23.9 Å². The summed E-state index contributed by atoms with van der Waals surface area (Å²) in [6, 6.07) is 15.2. The lowest BCUT2D eigenvalue weighted by Crippen LogP contribution is -2.47. The first kappa shape index (κ1) is 24.7. The summed E-state index contributed by atoms with van der Waals surface area (Å²) in [6.45, 7) is 1.15. The van der Waals surface area contributed by atoms with E-state index in [1.165, 1.54) is 0 Å². The largest absolute Gasteiger partial charge is 0.493 e. The van der Waals surface area contributed by atoms with Crippen LogP contribution in [0.5, 0.6) is 11.5 Å². The number of anilines is 1. The molecule has 0 saturated carbocycles. The lowest BCUT2D eigenvalue weighted by molar-refractivity contribution is -0.137. The Hall–Kier alpha value is -4.40. The summed E-state index contributed by atoms with van der Waals surface area (Å²) < 4.78 is 10.9. The average Bonchev–Trinajstić information content (AvgIpc) is 2.91. The van der Waals surface area contributed by atoms with E-state index in [0.717, 1.165) is 23.1 Å². The van der Waals surface area contributed by atoms with E-state index in [-0.39, 0.29) is 6.42 Å². The number of carbonyl (C=O) groups is 3. The van der Waals surface area contributed by atoms with Crippen LogP contribution < -0.4 is 25.4 Å². The summed E-state index contributed by atoms with van der Waals surface area (Å²) in [5, 5.41) is 2.70. The molecule has 1 aliphatic rings. The third-order valence-corrected chi connectivity index (χ3v) is 6.20. The maximum absolute atomic E-state index is 13.3. The number of ether oxygens (including phenoxy) is 2. The molecule has 2 heterocycles. The number of nitrogens with zero attached hydrogens (tertiary/aromatic N) is 2. The highest BCUT2D eigenvalue weighted by molar-refractivity contribution is 6.38. The summed E-state index contributed by atoms with van der Waals surface area (Å²) >= 11 is 0. The molecule has 0 bridgehead atoms. The van der Waals surface area contributed by atoms with E-state index in [2.05, 4.69) is 10.3 Å². The standard InChI is InChI=1S/C27H28N4O5/c1-35-22-14-18-10-12-31(16-19(18)15-23(22)36-2)26-20(9-6-11-29-26)27(34)30-21(24(32)25(28)33)13-17-7-4-3-5-8-17/h3-9,11,14-15,21H,10,12-13,16H2,1-2H3,(H2,28,33)(H,30,34). The minimum atomic E-state index is -1.10. The number of aromatic nitrogens is 1. The number of nitrogens with one attached hydrogen (secondary N) is 1. The Morgan fingerprint density at radius 2 is 1.72 bits per heavy atom. The number of ketones is 1. The van der Waals surface area contributed by atoms with Crippen LogP contribution in [0.15, 0.2) is 60.8 Å². The monoisotopic (exact) mass is 488 g/mol. The van der Waals surface area contributed by atoms with Crippen molar-refractivity contribution >= 4 is 23.4 Å². The van der Waals surface area contributed by atoms with Crippen LogP contribution in [0.1, 0.15) is 27.0 Å². The first-order valence-corrected chi connectivity index (χ1v) is 11.5. The van der Waals surface area contributed by atoms with Crippen molar-refractivity contribution in [3.05, 3.63) is 83.0 Å². The van der Waals surface area contributed by atoms with Crippen molar-refractivity contribution in [1.29, 1.82) is 0 Å². The maximum Gasteiger partial charge on any atom is 0.287 e. The van der Waals surface area contributed by atoms with Crippen LogP contribution in [-0.4, -0.2) is 49.4 Å². The molecule has 0 aliphatic carbocycles. The number of hydrogen-bond donors (Lipinski definition) is 2. The average molecular weight is 489 g/mol. The van der Waals surface area contributed by atoms with Crippen LogP contribution >= 0.6 is 0 Å². The number of methoxy groups -OCH3 is 2. The van der Waals surface area contributed by atoms with E-state index < -0.39 is 23.6 Å². The Bertz CT molecular complexity index is 1280. The second kappa shape index (κ2) is 10.9. The topological polar surface area (TPSA) is 124 Å². The quantitative estimate of drug-likeness (QED) is 0.442. The van der Waals surface area contributed by atoms with Crippen molar-refractivity contribution in [2.45, 2.75) is 25.4 Å². The molecular formula is C27H28N4O5. The molecule has 1 aliphatic heterocycles. The summed E-state index contributed by atoms with van der Waals surface area (Å²) in [5.41, 5.74) is 8.54. The van der Waals surface area contributed by atoms with Crippen molar-refractivity contribution in [2.24, 2.45) is 5.73 Å². The van der Waals surface area contributed by atoms with Crippen molar-refractivity contribution in [2.75, 3.05) is 25.7 Å². The van der Waals surface area contributed by atoms with Crippen LogP contribution in [0.3, 0.4) is 0 Å². The van der Waals surface area contributed by atoms with Gasteiger partial charge in [0.2, 0.25) is 5.78 Å². The third kappa shape index (κ3) is 5.30. The second-order valence-electron chi connectivity index (χ2n) is 8.47. The number of Topliss-reactive ketones (excluding diaryl/α,β-unsaturated/α-hetero) is 1. The Morgan fingerprint density at radius 1 is 1.03 bits per heavy atom. The zero-order valence-electron chi connectivity index (χ0n) is 20.2. The zero-order valence-corrected chi connectivity index (χ0v) is 20.2. The van der Waals surface area contributed by atoms with Gasteiger partial charge in [0.1, 0.15) is 11.9 Å². The summed E-state index contributed by atoms with van der Waals surface area (Å²) in [7, 11) is 3.19. The zero-order chi connectivity index (χ0) is 25.7. The number of nitrogens with two attached hydrogens (primary N) is 1. The highest BCUT2D eigenvalue weighted by Crippen LogP contribution is 2.34. The van der Waals surface area contributed by atoms with Gasteiger partial charge in [0.25, 0.3) is 11.8 Å². The van der Waals surface area contributed by atoms with Gasteiger partial charge in [0, 0.05) is 25.7 Å². The van der Waals surface area contributed by atoms with Gasteiger partial charge < -0.3 is 25.4 Å². The predicted octanol–water partition coefficient (Wildman–Crippen LogP) is 2.06. The van der Waals surface area contributed by atoms with Crippen molar-refractivity contribution in [3.63, 3.8) is 0 Å². The Labute approximate surface area is 209 Å². The normalized spacial score (nSPS) is 13.3. The number of hydrogen-bond acceptors (Lipinski definition) is 7. The predicted molar refractivity (Wildman–Crippen MR) is 134 cm³/mol. The molecule has 1 atom stereocenters. The van der Waals surface area contributed by atoms with Gasteiger partial charge in [-0.15, -0.1) is 0 Å². The van der Waals surface area contributed by atoms with Crippen LogP contribution in [0, 0.1) is 0 Å². The van der Waals surface area contributed by atoms with Gasteiger partial charge in [-0.3, -0.25) is 14.4 Å². The molecule has 2 amide bonds. The molecule has 0 spiro atoms. The number of pyridine rings is 1. The number of primary amides is 1. The van der Waals surface area contributed by atoms with Crippen LogP contribution in [0.25, 0.3) is 0 Å². The number of amides is 2. The molecule has 2 aromatic carbocycles. The Balaban J connectivity index is 1.58. The second-order valence-corrected chi connectivity index (χ2v) is 8.47. The maximum atomic E-state index is 13.3. The van der Waals surface area contributed by atoms with Gasteiger partial charge in [0.05, 0.1) is 19.8 Å². The Morgan fingerprint density at radius 3 is 2.39 bits per heavy atom. The third-order valence-electron chi connectivity index (χ3n) is 6.20. The number of fused-ring (bicyclic) bond motifs is 1. The molecule has 36 heavy (non-hydrogen) atoms. The fourth-order valence-corrected chi connectivity index (χ4v) is 4.36. The molecule has 0 saturated heterocycles. The number of carbonyl (C=O) groups excluding carboxylic acids is 3. The lowest BCUT2D eigenvalue weighted by Gasteiger charge is -2.31. The summed E-state index contributed by atoms with van der Waals surface area (Å²) in [5.74, 6) is -0.672. The lowest BCUT2D eigenvalue weighted by atomic mass is 9.98. The van der Waals surface area contributed by atoms with Gasteiger partial charge >= 0.3 is 0 Å². The highest BCUT2D eigenvalue weighted by atomic mass is 16.5. The molecule has 1 aromatic heterocycles. The Kier molecular flexibility index (Phi) is 7.48. The molecule has 186 valence electrons. The van der Waals surface area contributed by atoms with Crippen molar-refractivity contribution in [3.8, 4) is 11.5 Å². The van der Waals surface area contributed by atoms with Crippen molar-refractivity contribution in [1.82, 2.24) is 10.3 Å². The van der Waals surface area contributed by atoms with Crippen LogP contribution in [0.2, 0.25) is 0 Å². The fraction of sp³-hybridized carbons (Fsp3) is 0.259. The van der Waals surface area contributed by atoms with E-state index >= 15 is 0 Å². The molecular weight excluding hydrogens is 460 g/mol. The summed E-state index contributed by atoms with van der Waals surface area (Å²) in [4.78, 5) is 44.0. The molecule has 1 unspecified atom stereocenters. The smallest absolute Gasteiger partial charge is 0.287 e. The molecule has 9 heteroatoms. The van der Waals surface area contributed by atoms with E-state index in [0.29, 0.717) is 36.0 Å². The van der Waals surface area contributed by atoms with E-state index in [1.54, 1.807) is 32.5 Å². The fourth-order valence-electron chi connectivity index (χ4n) is 4.36. The van der Waals surface area contributed by atoms with Gasteiger partial charge in [-0.2, -0.15) is 0 Å². The number of rotatable bonds is 9. The summed E-state index contributed by atoms with van der Waals surface area (Å²) in [6.07, 6.45) is 2.49. The van der Waals surface area contributed by atoms with Gasteiger partial charge in [-0.25, -0.2) is 4.98 Å². The van der Waals surface area contributed by atoms with Gasteiger partial charge in [-0.1, -0.05) is 30.3 Å². The van der Waals surface area contributed by atoms with Crippen LogP contribution in [-0.2, 0) is 29.0 Å². The van der Waals surface area contributed by atoms with Gasteiger partial charge in [0.15, 0.2) is 11.5 Å². The molecule has 4 rings (SSSR count). The van der Waals surface area contributed by atoms with Crippen LogP contribution in [0.4, 0.5) is 5.82 Å². The molecule has 9 nitrogen and oxygen atoms in total. The number of benzene rings is 2. The molecule has 3 N–H and O–H groups in total. The molecule has 0 radical (unpaired) electrons. The molecule has 3 aromatic rings. The van der Waals surface area contributed by atoms with E-state index in [4.69, 9.17) is 15.2 Å². The highest BCUT2D eigenvalue weighted by Gasteiger charge is 2.29. The van der Waals surface area contributed by atoms with E-state index in [1.807, 2.05) is 47.4 Å². The first-order chi connectivity index (χ1) is 17.4.